The lowest BCUT2D eigenvalue weighted by atomic mass is 9.83. The van der Waals surface area contributed by atoms with Crippen LogP contribution in [0, 0.1) is 13.8 Å². The van der Waals surface area contributed by atoms with E-state index in [1.165, 1.54) is 13.2 Å². The number of aryl methyl sites for hydroxylation is 1. The normalized spacial score (nSPS) is 15.8. The average molecular weight is 410 g/mol. The number of anilines is 1. The number of likely N-dealkylation sites (N-methyl/N-ethyl adjacent to an activating group) is 1. The van der Waals surface area contributed by atoms with E-state index in [2.05, 4.69) is 18.8 Å². The van der Waals surface area contributed by atoms with E-state index in [0.717, 1.165) is 16.9 Å². The number of carbonyl (C=O) groups is 3. The maximum absolute atomic E-state index is 12.6. The van der Waals surface area contributed by atoms with E-state index in [-0.39, 0.29) is 16.9 Å². The Morgan fingerprint density at radius 1 is 1.13 bits per heavy atom. The van der Waals surface area contributed by atoms with Gasteiger partial charge in [0.15, 0.2) is 12.4 Å². The van der Waals surface area contributed by atoms with Crippen LogP contribution < -0.4 is 4.90 Å². The number of hydrogen-bond donors (Lipinski definition) is 1. The maximum atomic E-state index is 12.6. The molecule has 0 saturated heterocycles. The highest BCUT2D eigenvalue weighted by molar-refractivity contribution is 6.00. The molecule has 1 aliphatic rings. The monoisotopic (exact) mass is 410 g/mol. The maximum Gasteiger partial charge on any atom is 0.355 e. The van der Waals surface area contributed by atoms with Crippen LogP contribution in [0.3, 0.4) is 0 Å². The van der Waals surface area contributed by atoms with E-state index in [1.807, 2.05) is 36.2 Å². The number of rotatable bonds is 5. The van der Waals surface area contributed by atoms with Crippen LogP contribution in [0.5, 0.6) is 0 Å². The minimum absolute atomic E-state index is 0.138. The number of para-hydroxylation sites is 1. The molecule has 0 aliphatic carbocycles. The lowest BCUT2D eigenvalue weighted by Crippen LogP contribution is -2.25. The summed E-state index contributed by atoms with van der Waals surface area (Å²) in [5, 5.41) is 0. The third kappa shape index (κ3) is 3.51. The smallest absolute Gasteiger partial charge is 0.355 e. The molecule has 158 valence electrons. The van der Waals surface area contributed by atoms with Crippen molar-refractivity contribution < 1.29 is 23.9 Å². The SMILES string of the molecule is COC(=O)c1c(C)[nH]c(C(=O)OCC(=O)C=C2N(C)c3ccccc3C2(C)C)c1C. The largest absolute Gasteiger partial charge is 0.465 e. The number of methoxy groups -OCH3 is 1. The second-order valence-electron chi connectivity index (χ2n) is 7.89. The van der Waals surface area contributed by atoms with Crippen molar-refractivity contribution in [2.75, 3.05) is 25.7 Å². The molecule has 1 N–H and O–H groups in total. The number of nitrogens with one attached hydrogen (secondary N) is 1. The number of carbonyl (C=O) groups excluding carboxylic acids is 3. The van der Waals surface area contributed by atoms with Gasteiger partial charge in [0.25, 0.3) is 0 Å². The molecular formula is C23H26N2O5. The van der Waals surface area contributed by atoms with Gasteiger partial charge in [0, 0.05) is 35.6 Å². The predicted molar refractivity (Wildman–Crippen MR) is 113 cm³/mol. The molecule has 1 aliphatic heterocycles. The van der Waals surface area contributed by atoms with Gasteiger partial charge in [0.05, 0.1) is 12.7 Å². The summed E-state index contributed by atoms with van der Waals surface area (Å²) >= 11 is 0. The number of H-pyrrole nitrogens is 1. The summed E-state index contributed by atoms with van der Waals surface area (Å²) in [6.07, 6.45) is 1.53. The zero-order chi connectivity index (χ0) is 22.2. The predicted octanol–water partition coefficient (Wildman–Crippen LogP) is 3.46. The van der Waals surface area contributed by atoms with Gasteiger partial charge in [-0.05, 0) is 31.0 Å². The molecule has 0 fully saturated rings. The van der Waals surface area contributed by atoms with Gasteiger partial charge in [-0.2, -0.15) is 0 Å². The van der Waals surface area contributed by atoms with Crippen molar-refractivity contribution in [1.29, 1.82) is 0 Å². The van der Waals surface area contributed by atoms with Gasteiger partial charge in [0.2, 0.25) is 0 Å². The quantitative estimate of drug-likeness (QED) is 0.600. The van der Waals surface area contributed by atoms with Crippen LogP contribution in [-0.2, 0) is 19.7 Å². The first-order chi connectivity index (χ1) is 14.1. The van der Waals surface area contributed by atoms with Crippen LogP contribution in [0.4, 0.5) is 5.69 Å². The van der Waals surface area contributed by atoms with E-state index in [9.17, 15) is 14.4 Å². The number of nitrogens with zero attached hydrogens (tertiary/aromatic N) is 1. The van der Waals surface area contributed by atoms with Crippen LogP contribution in [0.25, 0.3) is 0 Å². The molecule has 7 heteroatoms. The molecule has 2 aromatic rings. The van der Waals surface area contributed by atoms with Gasteiger partial charge in [0.1, 0.15) is 5.69 Å². The van der Waals surface area contributed by atoms with Crippen molar-refractivity contribution in [3.05, 3.63) is 64.1 Å². The van der Waals surface area contributed by atoms with Crippen molar-refractivity contribution in [2.45, 2.75) is 33.1 Å². The van der Waals surface area contributed by atoms with E-state index in [4.69, 9.17) is 9.47 Å². The Morgan fingerprint density at radius 3 is 2.43 bits per heavy atom. The molecular weight excluding hydrogens is 384 g/mol. The molecule has 0 unspecified atom stereocenters. The number of aromatic nitrogens is 1. The third-order valence-corrected chi connectivity index (χ3v) is 5.61. The minimum atomic E-state index is -0.695. The molecule has 0 amide bonds. The summed E-state index contributed by atoms with van der Waals surface area (Å²) in [6, 6.07) is 8.00. The van der Waals surface area contributed by atoms with Crippen molar-refractivity contribution >= 4 is 23.4 Å². The highest BCUT2D eigenvalue weighted by Gasteiger charge is 2.38. The number of ketones is 1. The van der Waals surface area contributed by atoms with Gasteiger partial charge in [-0.25, -0.2) is 9.59 Å². The summed E-state index contributed by atoms with van der Waals surface area (Å²) in [6.45, 7) is 7.01. The number of allylic oxidation sites excluding steroid dienone is 1. The van der Waals surface area contributed by atoms with Crippen LogP contribution in [0.2, 0.25) is 0 Å². The fraction of sp³-hybridized carbons (Fsp3) is 0.348. The fourth-order valence-electron chi connectivity index (χ4n) is 4.02. The molecule has 0 bridgehead atoms. The topological polar surface area (TPSA) is 88.7 Å². The molecule has 1 aromatic carbocycles. The van der Waals surface area contributed by atoms with Gasteiger partial charge < -0.3 is 19.4 Å². The molecule has 1 aromatic heterocycles. The van der Waals surface area contributed by atoms with Crippen LogP contribution in [-0.4, -0.2) is 43.5 Å². The summed E-state index contributed by atoms with van der Waals surface area (Å²) in [5.74, 6) is -1.55. The number of esters is 2. The summed E-state index contributed by atoms with van der Waals surface area (Å²) in [7, 11) is 3.19. The first kappa shape index (κ1) is 21.4. The zero-order valence-corrected chi connectivity index (χ0v) is 18.1. The van der Waals surface area contributed by atoms with Crippen LogP contribution in [0.15, 0.2) is 36.0 Å². The average Bonchev–Trinajstić information content (AvgIpc) is 3.11. The second-order valence-corrected chi connectivity index (χ2v) is 7.89. The Balaban J connectivity index is 1.74. The Labute approximate surface area is 175 Å². The molecule has 2 heterocycles. The minimum Gasteiger partial charge on any atom is -0.465 e. The highest BCUT2D eigenvalue weighted by atomic mass is 16.5. The molecule has 0 radical (unpaired) electrons. The highest BCUT2D eigenvalue weighted by Crippen LogP contribution is 2.46. The Kier molecular flexibility index (Phi) is 5.57. The molecule has 7 nitrogen and oxygen atoms in total. The lowest BCUT2D eigenvalue weighted by molar-refractivity contribution is -0.117. The van der Waals surface area contributed by atoms with E-state index in [1.54, 1.807) is 13.8 Å². The first-order valence-corrected chi connectivity index (χ1v) is 9.62. The second kappa shape index (κ2) is 7.82. The van der Waals surface area contributed by atoms with E-state index in [0.29, 0.717) is 16.8 Å². The standard InChI is InChI=1S/C23H26N2O5/c1-13-19(21(27)29-6)14(2)24-20(13)22(28)30-12-15(26)11-18-23(3,4)16-9-7-8-10-17(16)25(18)5/h7-11,24H,12H2,1-6H3. The molecule has 3 rings (SSSR count). The van der Waals surface area contributed by atoms with Gasteiger partial charge in [-0.15, -0.1) is 0 Å². The van der Waals surface area contributed by atoms with Crippen molar-refractivity contribution in [3.8, 4) is 0 Å². The molecule has 0 atom stereocenters. The fourth-order valence-corrected chi connectivity index (χ4v) is 4.02. The van der Waals surface area contributed by atoms with Gasteiger partial charge in [-0.1, -0.05) is 32.0 Å². The van der Waals surface area contributed by atoms with Gasteiger partial charge in [-0.3, -0.25) is 4.79 Å². The zero-order valence-electron chi connectivity index (χ0n) is 18.1. The summed E-state index contributed by atoms with van der Waals surface area (Å²) in [5.41, 5.74) is 4.05. The van der Waals surface area contributed by atoms with Crippen molar-refractivity contribution in [3.63, 3.8) is 0 Å². The number of aromatic amines is 1. The summed E-state index contributed by atoms with van der Waals surface area (Å²) < 4.78 is 9.95. The Hall–Kier alpha value is -3.35. The number of fused-ring (bicyclic) bond motifs is 1. The number of hydrogen-bond acceptors (Lipinski definition) is 6. The van der Waals surface area contributed by atoms with Crippen molar-refractivity contribution in [1.82, 2.24) is 4.98 Å². The third-order valence-electron chi connectivity index (χ3n) is 5.61. The molecule has 0 spiro atoms. The van der Waals surface area contributed by atoms with E-state index >= 15 is 0 Å². The molecule has 30 heavy (non-hydrogen) atoms. The summed E-state index contributed by atoms with van der Waals surface area (Å²) in [4.78, 5) is 41.7. The number of ether oxygens (including phenoxy) is 2. The van der Waals surface area contributed by atoms with Gasteiger partial charge >= 0.3 is 11.9 Å². The van der Waals surface area contributed by atoms with Crippen LogP contribution >= 0.6 is 0 Å². The van der Waals surface area contributed by atoms with Crippen molar-refractivity contribution in [2.24, 2.45) is 0 Å². The first-order valence-electron chi connectivity index (χ1n) is 9.62. The Bertz CT molecular complexity index is 1060. The van der Waals surface area contributed by atoms with Crippen LogP contribution in [0.1, 0.15) is 51.5 Å². The lowest BCUT2D eigenvalue weighted by Gasteiger charge is -2.23. The van der Waals surface area contributed by atoms with E-state index < -0.39 is 18.5 Å². The molecule has 0 saturated carbocycles. The Morgan fingerprint density at radius 2 is 1.80 bits per heavy atom. The number of benzene rings is 1.